The molecule has 1 N–H and O–H groups in total. The van der Waals surface area contributed by atoms with Crippen molar-refractivity contribution in [2.45, 2.75) is 0 Å². The number of fused-ring (bicyclic) bond motifs is 1. The molecule has 1 heterocycles. The lowest BCUT2D eigenvalue weighted by Crippen LogP contribution is -2.35. The fraction of sp³-hybridized carbons (Fsp3) is 0. The Kier molecular flexibility index (Phi) is 4.31. The van der Waals surface area contributed by atoms with Crippen molar-refractivity contribution in [3.05, 3.63) is 63.9 Å². The standard InChI is InChI=1S/C18H7ClN4O3/c19-13-3-1-10(2-4-13)14(9-22)17-18(24)23(25)15-5-11(7-20)12(8-21)6-16(15)26-17/h1-6,25H/b17-14-. The number of amides is 1. The van der Waals surface area contributed by atoms with E-state index in [1.165, 1.54) is 18.2 Å². The van der Waals surface area contributed by atoms with Crippen LogP contribution in [0.3, 0.4) is 0 Å². The first-order valence-corrected chi connectivity index (χ1v) is 7.47. The summed E-state index contributed by atoms with van der Waals surface area (Å²) in [6.07, 6.45) is 0. The van der Waals surface area contributed by atoms with Crippen LogP contribution in [-0.2, 0) is 4.79 Å². The van der Waals surface area contributed by atoms with Crippen LogP contribution in [0.5, 0.6) is 5.75 Å². The molecule has 0 aromatic heterocycles. The van der Waals surface area contributed by atoms with E-state index < -0.39 is 11.7 Å². The molecule has 0 atom stereocenters. The van der Waals surface area contributed by atoms with Crippen LogP contribution in [0.2, 0.25) is 5.02 Å². The van der Waals surface area contributed by atoms with Gasteiger partial charge in [-0.1, -0.05) is 23.7 Å². The molecule has 124 valence electrons. The van der Waals surface area contributed by atoms with Gasteiger partial charge in [-0.2, -0.15) is 20.8 Å². The Hall–Kier alpha value is -3.83. The molecular formula is C18H7ClN4O3. The zero-order valence-corrected chi connectivity index (χ0v) is 13.7. The van der Waals surface area contributed by atoms with Gasteiger partial charge < -0.3 is 4.74 Å². The number of benzene rings is 2. The van der Waals surface area contributed by atoms with E-state index in [2.05, 4.69) is 0 Å². The molecule has 0 unspecified atom stereocenters. The van der Waals surface area contributed by atoms with Gasteiger partial charge in [0.2, 0.25) is 5.76 Å². The molecular weight excluding hydrogens is 356 g/mol. The first kappa shape index (κ1) is 17.0. The van der Waals surface area contributed by atoms with E-state index in [1.807, 2.05) is 12.1 Å². The van der Waals surface area contributed by atoms with Crippen LogP contribution >= 0.6 is 11.6 Å². The molecule has 1 aliphatic rings. The highest BCUT2D eigenvalue weighted by atomic mass is 35.5. The summed E-state index contributed by atoms with van der Waals surface area (Å²) >= 11 is 5.82. The van der Waals surface area contributed by atoms with E-state index in [0.29, 0.717) is 10.6 Å². The molecule has 7 nitrogen and oxygen atoms in total. The fourth-order valence-corrected chi connectivity index (χ4v) is 2.51. The van der Waals surface area contributed by atoms with E-state index in [1.54, 1.807) is 18.2 Å². The number of anilines is 1. The zero-order chi connectivity index (χ0) is 18.8. The average molecular weight is 363 g/mol. The Morgan fingerprint density at radius 2 is 1.69 bits per heavy atom. The maximum absolute atomic E-state index is 12.5. The van der Waals surface area contributed by atoms with Gasteiger partial charge in [-0.05, 0) is 23.8 Å². The second-order valence-corrected chi connectivity index (χ2v) is 5.57. The third kappa shape index (κ3) is 2.72. The van der Waals surface area contributed by atoms with Crippen molar-refractivity contribution >= 4 is 28.8 Å². The summed E-state index contributed by atoms with van der Waals surface area (Å²) in [5.41, 5.74) is 0.152. The molecule has 1 aliphatic heterocycles. The molecule has 0 aliphatic carbocycles. The van der Waals surface area contributed by atoms with Gasteiger partial charge >= 0.3 is 5.91 Å². The minimum Gasteiger partial charge on any atom is -0.448 e. The third-order valence-corrected chi connectivity index (χ3v) is 3.89. The van der Waals surface area contributed by atoms with Crippen LogP contribution in [0.25, 0.3) is 5.57 Å². The van der Waals surface area contributed by atoms with Gasteiger partial charge in [0, 0.05) is 11.1 Å². The number of carbonyl (C=O) groups excluding carboxylic acids is 1. The number of rotatable bonds is 1. The Morgan fingerprint density at radius 1 is 1.08 bits per heavy atom. The molecule has 0 fully saturated rings. The van der Waals surface area contributed by atoms with Crippen LogP contribution in [0.15, 0.2) is 42.2 Å². The summed E-state index contributed by atoms with van der Waals surface area (Å²) in [6.45, 7) is 0. The van der Waals surface area contributed by atoms with Crippen molar-refractivity contribution < 1.29 is 14.7 Å². The Balaban J connectivity index is 2.20. The maximum atomic E-state index is 12.5. The topological polar surface area (TPSA) is 121 Å². The molecule has 1 amide bonds. The second kappa shape index (κ2) is 6.58. The number of hydrogen-bond acceptors (Lipinski definition) is 6. The number of ether oxygens (including phenoxy) is 1. The third-order valence-electron chi connectivity index (χ3n) is 3.64. The number of nitrogens with zero attached hydrogens (tertiary/aromatic N) is 4. The first-order valence-electron chi connectivity index (χ1n) is 7.10. The van der Waals surface area contributed by atoms with Crippen molar-refractivity contribution in [1.82, 2.24) is 0 Å². The Morgan fingerprint density at radius 3 is 2.27 bits per heavy atom. The highest BCUT2D eigenvalue weighted by Gasteiger charge is 2.33. The van der Waals surface area contributed by atoms with Crippen LogP contribution in [0.4, 0.5) is 5.69 Å². The highest BCUT2D eigenvalue weighted by molar-refractivity contribution is 6.30. The summed E-state index contributed by atoms with van der Waals surface area (Å²) in [4.78, 5) is 12.5. The molecule has 2 aromatic carbocycles. The molecule has 0 saturated heterocycles. The summed E-state index contributed by atoms with van der Waals surface area (Å²) in [5.74, 6) is -1.41. The lowest BCUT2D eigenvalue weighted by molar-refractivity contribution is -0.122. The number of allylic oxidation sites excluding steroid dienone is 1. The fourth-order valence-electron chi connectivity index (χ4n) is 2.38. The van der Waals surface area contributed by atoms with Gasteiger partial charge in [0.1, 0.15) is 29.5 Å². The van der Waals surface area contributed by atoms with Gasteiger partial charge in [0.05, 0.1) is 11.1 Å². The van der Waals surface area contributed by atoms with Crippen molar-refractivity contribution in [3.63, 3.8) is 0 Å². The highest BCUT2D eigenvalue weighted by Crippen LogP contribution is 2.38. The normalized spacial score (nSPS) is 14.4. The van der Waals surface area contributed by atoms with Crippen molar-refractivity contribution in [1.29, 1.82) is 15.8 Å². The summed E-state index contributed by atoms with van der Waals surface area (Å²) in [7, 11) is 0. The number of hydroxylamine groups is 1. The number of hydrogen-bond donors (Lipinski definition) is 1. The smallest absolute Gasteiger partial charge is 0.319 e. The predicted molar refractivity (Wildman–Crippen MR) is 89.8 cm³/mol. The van der Waals surface area contributed by atoms with Gasteiger partial charge in [-0.25, -0.2) is 0 Å². The van der Waals surface area contributed by atoms with Crippen molar-refractivity contribution in [3.8, 4) is 24.0 Å². The number of carbonyl (C=O) groups is 1. The average Bonchev–Trinajstić information content (AvgIpc) is 2.66. The number of halogens is 1. The van der Waals surface area contributed by atoms with Gasteiger partial charge in [0.25, 0.3) is 0 Å². The molecule has 0 bridgehead atoms. The molecule has 0 saturated carbocycles. The summed E-state index contributed by atoms with van der Waals surface area (Å²) < 4.78 is 5.51. The van der Waals surface area contributed by atoms with Crippen LogP contribution in [-0.4, -0.2) is 11.1 Å². The molecule has 8 heteroatoms. The Bertz CT molecular complexity index is 1090. The minimum atomic E-state index is -0.974. The van der Waals surface area contributed by atoms with Crippen LogP contribution < -0.4 is 9.80 Å². The quantitative estimate of drug-likeness (QED) is 0.472. The molecule has 26 heavy (non-hydrogen) atoms. The predicted octanol–water partition coefficient (Wildman–Crippen LogP) is 3.13. The van der Waals surface area contributed by atoms with E-state index in [4.69, 9.17) is 26.9 Å². The first-order chi connectivity index (χ1) is 12.5. The SMILES string of the molecule is N#C/C(=C1/Oc2cc(C#N)c(C#N)cc2N(O)C1=O)c1ccc(Cl)cc1. The van der Waals surface area contributed by atoms with E-state index in [9.17, 15) is 15.3 Å². The zero-order valence-electron chi connectivity index (χ0n) is 12.9. The summed E-state index contributed by atoms with van der Waals surface area (Å²) in [5, 5.41) is 38.5. The van der Waals surface area contributed by atoms with Crippen molar-refractivity contribution in [2.24, 2.45) is 0 Å². The van der Waals surface area contributed by atoms with Crippen LogP contribution in [0, 0.1) is 34.0 Å². The lowest BCUT2D eigenvalue weighted by Gasteiger charge is -2.26. The molecule has 2 aromatic rings. The number of nitriles is 3. The van der Waals surface area contributed by atoms with Gasteiger partial charge in [0.15, 0.2) is 5.75 Å². The lowest BCUT2D eigenvalue weighted by atomic mass is 10.0. The maximum Gasteiger partial charge on any atom is 0.319 e. The van der Waals surface area contributed by atoms with Crippen molar-refractivity contribution in [2.75, 3.05) is 5.06 Å². The monoisotopic (exact) mass is 362 g/mol. The minimum absolute atomic E-state index is 0.0124. The van der Waals surface area contributed by atoms with E-state index in [-0.39, 0.29) is 33.2 Å². The van der Waals surface area contributed by atoms with Gasteiger partial charge in [-0.15, -0.1) is 0 Å². The molecule has 3 rings (SSSR count). The second-order valence-electron chi connectivity index (χ2n) is 5.13. The van der Waals surface area contributed by atoms with E-state index >= 15 is 0 Å². The van der Waals surface area contributed by atoms with Crippen LogP contribution in [0.1, 0.15) is 16.7 Å². The van der Waals surface area contributed by atoms with Gasteiger partial charge in [-0.3, -0.25) is 10.0 Å². The Labute approximate surface area is 152 Å². The summed E-state index contributed by atoms with van der Waals surface area (Å²) in [6, 6.07) is 14.0. The molecule has 0 radical (unpaired) electrons. The van der Waals surface area contributed by atoms with E-state index in [0.717, 1.165) is 6.07 Å². The molecule has 0 spiro atoms. The largest absolute Gasteiger partial charge is 0.448 e.